The molecule has 0 unspecified atom stereocenters. The van der Waals surface area contributed by atoms with Crippen LogP contribution in [0.5, 0.6) is 5.75 Å². The summed E-state index contributed by atoms with van der Waals surface area (Å²) in [6, 6.07) is 7.30. The smallest absolute Gasteiger partial charge is 0.115 e. The Morgan fingerprint density at radius 2 is 2.00 bits per heavy atom. The fourth-order valence-corrected chi connectivity index (χ4v) is 2.09. The summed E-state index contributed by atoms with van der Waals surface area (Å²) in [6.45, 7) is 0.624. The van der Waals surface area contributed by atoms with E-state index >= 15 is 0 Å². The highest BCUT2D eigenvalue weighted by atomic mass is 16.5. The van der Waals surface area contributed by atoms with Crippen LogP contribution in [-0.2, 0) is 11.3 Å². The van der Waals surface area contributed by atoms with Crippen LogP contribution in [0.25, 0.3) is 0 Å². The summed E-state index contributed by atoms with van der Waals surface area (Å²) in [5, 5.41) is 9.29. The molecule has 0 saturated heterocycles. The number of aromatic hydroxyl groups is 1. The minimum Gasteiger partial charge on any atom is -0.508 e. The largest absolute Gasteiger partial charge is 0.508 e. The molecule has 0 atom stereocenters. The molecule has 1 aliphatic carbocycles. The van der Waals surface area contributed by atoms with E-state index in [1.165, 1.54) is 32.1 Å². The number of phenols is 1. The van der Waals surface area contributed by atoms with E-state index in [1.807, 2.05) is 12.1 Å². The second-order valence-electron chi connectivity index (χ2n) is 4.24. The number of hydrogen-bond donors (Lipinski definition) is 1. The third kappa shape index (κ3) is 3.24. The third-order valence-corrected chi connectivity index (χ3v) is 2.95. The van der Waals surface area contributed by atoms with Gasteiger partial charge in [-0.15, -0.1) is 0 Å². The van der Waals surface area contributed by atoms with E-state index in [-0.39, 0.29) is 0 Å². The fourth-order valence-electron chi connectivity index (χ4n) is 2.09. The molecule has 1 saturated carbocycles. The lowest BCUT2D eigenvalue weighted by Gasteiger charge is -2.21. The Morgan fingerprint density at radius 1 is 1.20 bits per heavy atom. The summed E-state index contributed by atoms with van der Waals surface area (Å²) >= 11 is 0. The van der Waals surface area contributed by atoms with Gasteiger partial charge in [-0.3, -0.25) is 0 Å². The van der Waals surface area contributed by atoms with Crippen LogP contribution in [-0.4, -0.2) is 11.2 Å². The van der Waals surface area contributed by atoms with Gasteiger partial charge in [0.25, 0.3) is 0 Å². The first-order valence-electron chi connectivity index (χ1n) is 5.74. The van der Waals surface area contributed by atoms with Crippen molar-refractivity contribution in [1.82, 2.24) is 0 Å². The Morgan fingerprint density at radius 3 is 2.73 bits per heavy atom. The van der Waals surface area contributed by atoms with Crippen molar-refractivity contribution in [2.45, 2.75) is 44.8 Å². The fraction of sp³-hybridized carbons (Fsp3) is 0.538. The number of phenolic OH excluding ortho intramolecular Hbond substituents is 1. The van der Waals surface area contributed by atoms with Crippen molar-refractivity contribution in [2.75, 3.05) is 0 Å². The van der Waals surface area contributed by atoms with Crippen molar-refractivity contribution in [3.05, 3.63) is 29.8 Å². The highest BCUT2D eigenvalue weighted by Gasteiger charge is 2.13. The zero-order chi connectivity index (χ0) is 10.5. The molecule has 1 fully saturated rings. The van der Waals surface area contributed by atoms with Crippen LogP contribution >= 0.6 is 0 Å². The second-order valence-corrected chi connectivity index (χ2v) is 4.24. The van der Waals surface area contributed by atoms with Crippen LogP contribution in [0, 0.1) is 0 Å². The van der Waals surface area contributed by atoms with Crippen molar-refractivity contribution in [3.8, 4) is 5.75 Å². The van der Waals surface area contributed by atoms with Gasteiger partial charge in [0, 0.05) is 0 Å². The maximum absolute atomic E-state index is 9.29. The van der Waals surface area contributed by atoms with Gasteiger partial charge in [0.1, 0.15) is 5.75 Å². The summed E-state index contributed by atoms with van der Waals surface area (Å²) in [4.78, 5) is 0. The van der Waals surface area contributed by atoms with Crippen LogP contribution in [0.3, 0.4) is 0 Å². The number of hydrogen-bond acceptors (Lipinski definition) is 2. The standard InChI is InChI=1S/C13H18O2/c14-12-6-4-5-11(9-12)10-15-13-7-2-1-3-8-13/h4-6,9,13-14H,1-3,7-8,10H2. The van der Waals surface area contributed by atoms with E-state index in [1.54, 1.807) is 12.1 Å². The minimum absolute atomic E-state index is 0.319. The van der Waals surface area contributed by atoms with Gasteiger partial charge in [-0.2, -0.15) is 0 Å². The number of ether oxygens (including phenoxy) is 1. The van der Waals surface area contributed by atoms with E-state index in [9.17, 15) is 5.11 Å². The molecule has 2 heteroatoms. The molecule has 0 aromatic heterocycles. The van der Waals surface area contributed by atoms with Crippen molar-refractivity contribution in [3.63, 3.8) is 0 Å². The van der Waals surface area contributed by atoms with Gasteiger partial charge in [-0.25, -0.2) is 0 Å². The van der Waals surface area contributed by atoms with E-state index in [4.69, 9.17) is 4.74 Å². The van der Waals surface area contributed by atoms with Gasteiger partial charge in [0.15, 0.2) is 0 Å². The topological polar surface area (TPSA) is 29.5 Å². The van der Waals surface area contributed by atoms with E-state index < -0.39 is 0 Å². The lowest BCUT2D eigenvalue weighted by molar-refractivity contribution is 0.0168. The van der Waals surface area contributed by atoms with Crippen molar-refractivity contribution < 1.29 is 9.84 Å². The highest BCUT2D eigenvalue weighted by molar-refractivity contribution is 5.26. The molecule has 1 aromatic carbocycles. The zero-order valence-electron chi connectivity index (χ0n) is 8.98. The molecule has 1 aliphatic rings. The Labute approximate surface area is 90.9 Å². The summed E-state index contributed by atoms with van der Waals surface area (Å²) in [5.74, 6) is 0.319. The average Bonchev–Trinajstić information content (AvgIpc) is 2.28. The van der Waals surface area contributed by atoms with Crippen molar-refractivity contribution in [2.24, 2.45) is 0 Å². The van der Waals surface area contributed by atoms with Gasteiger partial charge in [-0.05, 0) is 30.5 Å². The average molecular weight is 206 g/mol. The summed E-state index contributed by atoms with van der Waals surface area (Å²) in [7, 11) is 0. The molecule has 0 radical (unpaired) electrons. The first kappa shape index (κ1) is 10.5. The summed E-state index contributed by atoms with van der Waals surface area (Å²) in [5.41, 5.74) is 1.06. The van der Waals surface area contributed by atoms with Crippen LogP contribution in [0.4, 0.5) is 0 Å². The van der Waals surface area contributed by atoms with E-state index in [2.05, 4.69) is 0 Å². The molecule has 2 rings (SSSR count). The molecule has 0 bridgehead atoms. The molecule has 0 aliphatic heterocycles. The predicted molar refractivity (Wildman–Crippen MR) is 59.8 cm³/mol. The quantitative estimate of drug-likeness (QED) is 0.822. The van der Waals surface area contributed by atoms with E-state index in [0.29, 0.717) is 18.5 Å². The SMILES string of the molecule is Oc1cccc(COC2CCCCC2)c1. The lowest BCUT2D eigenvalue weighted by Crippen LogP contribution is -2.16. The Bertz CT molecular complexity index is 303. The molecule has 2 nitrogen and oxygen atoms in total. The number of benzene rings is 1. The molecular formula is C13H18O2. The first-order valence-corrected chi connectivity index (χ1v) is 5.74. The van der Waals surface area contributed by atoms with Crippen LogP contribution in [0.1, 0.15) is 37.7 Å². The zero-order valence-corrected chi connectivity index (χ0v) is 8.98. The Balaban J connectivity index is 1.81. The molecule has 0 heterocycles. The maximum Gasteiger partial charge on any atom is 0.115 e. The predicted octanol–water partition coefficient (Wildman–Crippen LogP) is 3.24. The van der Waals surface area contributed by atoms with Crippen LogP contribution in [0.15, 0.2) is 24.3 Å². The maximum atomic E-state index is 9.29. The molecular weight excluding hydrogens is 188 g/mol. The minimum atomic E-state index is 0.319. The summed E-state index contributed by atoms with van der Waals surface area (Å²) in [6.07, 6.45) is 6.76. The van der Waals surface area contributed by atoms with Gasteiger partial charge in [0.2, 0.25) is 0 Å². The molecule has 0 spiro atoms. The molecule has 1 aromatic rings. The van der Waals surface area contributed by atoms with E-state index in [0.717, 1.165) is 5.56 Å². The summed E-state index contributed by atoms with van der Waals surface area (Å²) < 4.78 is 5.81. The molecule has 15 heavy (non-hydrogen) atoms. The Kier molecular flexibility index (Phi) is 3.62. The molecule has 1 N–H and O–H groups in total. The lowest BCUT2D eigenvalue weighted by atomic mass is 9.98. The van der Waals surface area contributed by atoms with Crippen LogP contribution in [0.2, 0.25) is 0 Å². The highest BCUT2D eigenvalue weighted by Crippen LogP contribution is 2.21. The molecule has 82 valence electrons. The van der Waals surface area contributed by atoms with Gasteiger partial charge >= 0.3 is 0 Å². The normalized spacial score (nSPS) is 17.9. The second kappa shape index (κ2) is 5.17. The Hall–Kier alpha value is -1.02. The van der Waals surface area contributed by atoms with Gasteiger partial charge in [0.05, 0.1) is 12.7 Å². The van der Waals surface area contributed by atoms with Gasteiger partial charge < -0.3 is 9.84 Å². The third-order valence-electron chi connectivity index (χ3n) is 2.95. The van der Waals surface area contributed by atoms with Crippen molar-refractivity contribution in [1.29, 1.82) is 0 Å². The molecule has 0 amide bonds. The number of rotatable bonds is 3. The first-order chi connectivity index (χ1) is 7.34. The monoisotopic (exact) mass is 206 g/mol. The van der Waals surface area contributed by atoms with Gasteiger partial charge in [-0.1, -0.05) is 31.4 Å². The van der Waals surface area contributed by atoms with Crippen molar-refractivity contribution >= 4 is 0 Å². The van der Waals surface area contributed by atoms with Crippen LogP contribution < -0.4 is 0 Å².